The normalized spacial score (nSPS) is 12.6. The predicted molar refractivity (Wildman–Crippen MR) is 46.3 cm³/mol. The van der Waals surface area contributed by atoms with E-state index >= 15 is 0 Å². The van der Waals surface area contributed by atoms with Crippen molar-refractivity contribution in [2.24, 2.45) is 11.5 Å². The second-order valence-electron chi connectivity index (χ2n) is 2.25. The van der Waals surface area contributed by atoms with Gasteiger partial charge in [-0.2, -0.15) is 8.42 Å². The summed E-state index contributed by atoms with van der Waals surface area (Å²) in [5.41, 5.74) is 10.1. The Morgan fingerprint density at radius 1 is 1.46 bits per heavy atom. The number of rotatable bonds is 3. The lowest BCUT2D eigenvalue weighted by molar-refractivity contribution is -0.119. The van der Waals surface area contributed by atoms with Crippen molar-refractivity contribution in [3.05, 3.63) is 0 Å². The van der Waals surface area contributed by atoms with Crippen molar-refractivity contribution >= 4 is 16.3 Å². The van der Waals surface area contributed by atoms with Gasteiger partial charge in [0, 0.05) is 0 Å². The zero-order chi connectivity index (χ0) is 11.1. The fourth-order valence-electron chi connectivity index (χ4n) is 0.453. The molecule has 0 saturated carbocycles. The van der Waals surface area contributed by atoms with Crippen molar-refractivity contribution in [3.63, 3.8) is 0 Å². The quantitative estimate of drug-likeness (QED) is 0.441. The van der Waals surface area contributed by atoms with Crippen LogP contribution in [0.25, 0.3) is 0 Å². The Morgan fingerprint density at radius 3 is 1.85 bits per heavy atom. The molecule has 0 spiro atoms. The number of carbonyl (C=O) groups is 1. The first-order valence-electron chi connectivity index (χ1n) is 3.43. The molecule has 0 aliphatic heterocycles. The van der Waals surface area contributed by atoms with E-state index in [1.54, 1.807) is 0 Å². The molecule has 8 heteroatoms. The van der Waals surface area contributed by atoms with Crippen LogP contribution in [-0.2, 0) is 15.2 Å². The number of amides is 1. The van der Waals surface area contributed by atoms with Crippen LogP contribution in [0.5, 0.6) is 0 Å². The largest absolute Gasteiger partial charge is 0.394 e. The van der Waals surface area contributed by atoms with Gasteiger partial charge in [-0.25, -0.2) is 0 Å². The molecule has 0 heterocycles. The molecule has 0 aromatic carbocycles. The molecule has 13 heavy (non-hydrogen) atoms. The molecular formula is C5H14N2O5S. The fourth-order valence-corrected chi connectivity index (χ4v) is 0.453. The molecule has 0 aliphatic rings. The zero-order valence-electron chi connectivity index (χ0n) is 7.17. The van der Waals surface area contributed by atoms with E-state index in [1.807, 2.05) is 6.92 Å². The van der Waals surface area contributed by atoms with E-state index in [0.717, 1.165) is 6.42 Å². The summed E-state index contributed by atoms with van der Waals surface area (Å²) in [5, 5.41) is 0. The number of carbonyl (C=O) groups excluding carboxylic acids is 1. The lowest BCUT2D eigenvalue weighted by Crippen LogP contribution is -2.35. The summed E-state index contributed by atoms with van der Waals surface area (Å²) < 4.78 is 31.6. The van der Waals surface area contributed by atoms with Gasteiger partial charge in [0.1, 0.15) is 0 Å². The van der Waals surface area contributed by atoms with E-state index in [1.165, 1.54) is 0 Å². The number of nitrogens with two attached hydrogens (primary N) is 2. The summed E-state index contributed by atoms with van der Waals surface area (Å²) in [6.07, 6.45) is 1.60. The van der Waals surface area contributed by atoms with Gasteiger partial charge in [-0.15, -0.1) is 0 Å². The Hall–Kier alpha value is -0.700. The van der Waals surface area contributed by atoms with Gasteiger partial charge in [0.25, 0.3) is 0 Å². The van der Waals surface area contributed by atoms with Crippen LogP contribution in [0.1, 0.15) is 19.8 Å². The minimum Gasteiger partial charge on any atom is -0.368 e. The minimum atomic E-state index is -4.67. The first-order chi connectivity index (χ1) is 5.68. The molecule has 7 nitrogen and oxygen atoms in total. The van der Waals surface area contributed by atoms with E-state index in [0.29, 0.717) is 6.42 Å². The summed E-state index contributed by atoms with van der Waals surface area (Å²) in [6.45, 7) is 1.96. The first kappa shape index (κ1) is 14.8. The molecule has 0 rings (SSSR count). The number of hydrogen-bond donors (Lipinski definition) is 4. The predicted octanol–water partition coefficient (Wildman–Crippen LogP) is -1.05. The molecule has 0 fully saturated rings. The van der Waals surface area contributed by atoms with Crippen LogP contribution in [0.4, 0.5) is 0 Å². The molecule has 0 aromatic heterocycles. The summed E-state index contributed by atoms with van der Waals surface area (Å²) in [4.78, 5) is 10.2. The van der Waals surface area contributed by atoms with Crippen molar-refractivity contribution < 1.29 is 22.3 Å². The Bertz CT molecular complexity index is 229. The van der Waals surface area contributed by atoms with Gasteiger partial charge in [-0.1, -0.05) is 13.3 Å². The standard InChI is InChI=1S/C5H12N2O.H2O4S/c1-2-3-4(6)5(7)8;1-5(2,3)4/h4H,2-3,6H2,1H3,(H2,7,8);(H2,1,2,3,4). The van der Waals surface area contributed by atoms with E-state index in [2.05, 4.69) is 0 Å². The molecular weight excluding hydrogens is 200 g/mol. The fraction of sp³-hybridized carbons (Fsp3) is 0.800. The van der Waals surface area contributed by atoms with Gasteiger partial charge in [0.2, 0.25) is 5.91 Å². The van der Waals surface area contributed by atoms with Crippen molar-refractivity contribution in [3.8, 4) is 0 Å². The average Bonchev–Trinajstić information content (AvgIpc) is 1.84. The van der Waals surface area contributed by atoms with E-state index < -0.39 is 22.3 Å². The molecule has 0 saturated heterocycles. The highest BCUT2D eigenvalue weighted by Gasteiger charge is 2.05. The molecule has 1 amide bonds. The second-order valence-corrected chi connectivity index (χ2v) is 3.14. The van der Waals surface area contributed by atoms with Crippen LogP contribution in [0.3, 0.4) is 0 Å². The third-order valence-corrected chi connectivity index (χ3v) is 0.965. The average molecular weight is 214 g/mol. The lowest BCUT2D eigenvalue weighted by atomic mass is 10.2. The van der Waals surface area contributed by atoms with Crippen LogP contribution in [-0.4, -0.2) is 29.5 Å². The summed E-state index contributed by atoms with van der Waals surface area (Å²) in [6, 6.07) is -0.444. The summed E-state index contributed by atoms with van der Waals surface area (Å²) >= 11 is 0. The Balaban J connectivity index is 0. The molecule has 6 N–H and O–H groups in total. The van der Waals surface area contributed by atoms with Crippen LogP contribution >= 0.6 is 0 Å². The molecule has 80 valence electrons. The van der Waals surface area contributed by atoms with Gasteiger partial charge < -0.3 is 11.5 Å². The van der Waals surface area contributed by atoms with Gasteiger partial charge in [-0.05, 0) is 6.42 Å². The van der Waals surface area contributed by atoms with E-state index in [4.69, 9.17) is 29.0 Å². The monoisotopic (exact) mass is 214 g/mol. The molecule has 1 unspecified atom stereocenters. The van der Waals surface area contributed by atoms with Gasteiger partial charge in [0.05, 0.1) is 6.04 Å². The highest BCUT2D eigenvalue weighted by molar-refractivity contribution is 7.79. The SMILES string of the molecule is CCCC(N)C(N)=O.O=S(=O)(O)O. The molecule has 0 bridgehead atoms. The smallest absolute Gasteiger partial charge is 0.368 e. The van der Waals surface area contributed by atoms with Crippen molar-refractivity contribution in [2.75, 3.05) is 0 Å². The van der Waals surface area contributed by atoms with E-state index in [9.17, 15) is 4.79 Å². The maximum absolute atomic E-state index is 10.2. The van der Waals surface area contributed by atoms with Crippen LogP contribution in [0.15, 0.2) is 0 Å². The highest BCUT2D eigenvalue weighted by atomic mass is 32.3. The Labute approximate surface area is 76.7 Å². The van der Waals surface area contributed by atoms with Gasteiger partial charge in [-0.3, -0.25) is 13.9 Å². The van der Waals surface area contributed by atoms with Crippen LogP contribution < -0.4 is 11.5 Å². The Kier molecular flexibility index (Phi) is 7.72. The lowest BCUT2D eigenvalue weighted by Gasteiger charge is -2.01. The minimum absolute atomic E-state index is 0.410. The maximum Gasteiger partial charge on any atom is 0.394 e. The van der Waals surface area contributed by atoms with Gasteiger partial charge >= 0.3 is 10.4 Å². The third-order valence-electron chi connectivity index (χ3n) is 0.965. The highest BCUT2D eigenvalue weighted by Crippen LogP contribution is 1.89. The summed E-state index contributed by atoms with van der Waals surface area (Å²) in [5.74, 6) is -0.410. The van der Waals surface area contributed by atoms with Gasteiger partial charge in [0.15, 0.2) is 0 Å². The summed E-state index contributed by atoms with van der Waals surface area (Å²) in [7, 11) is -4.67. The molecule has 1 atom stereocenters. The number of primary amides is 1. The topological polar surface area (TPSA) is 144 Å². The molecule has 0 aliphatic carbocycles. The number of hydrogen-bond acceptors (Lipinski definition) is 4. The van der Waals surface area contributed by atoms with Crippen LogP contribution in [0, 0.1) is 0 Å². The first-order valence-corrected chi connectivity index (χ1v) is 4.83. The molecule has 0 aromatic rings. The third kappa shape index (κ3) is 24.6. The zero-order valence-corrected chi connectivity index (χ0v) is 7.99. The molecule has 0 radical (unpaired) electrons. The second kappa shape index (κ2) is 6.78. The van der Waals surface area contributed by atoms with Crippen molar-refractivity contribution in [1.29, 1.82) is 0 Å². The van der Waals surface area contributed by atoms with Crippen LogP contribution in [0.2, 0.25) is 0 Å². The Morgan fingerprint density at radius 2 is 1.77 bits per heavy atom. The van der Waals surface area contributed by atoms with E-state index in [-0.39, 0.29) is 0 Å². The van der Waals surface area contributed by atoms with Crippen molar-refractivity contribution in [1.82, 2.24) is 0 Å². The maximum atomic E-state index is 10.2. The van der Waals surface area contributed by atoms with Crippen molar-refractivity contribution in [2.45, 2.75) is 25.8 Å².